The molecule has 1 amide bonds. The molecule has 0 aromatic heterocycles. The molecule has 4 nitrogen and oxygen atoms in total. The summed E-state index contributed by atoms with van der Waals surface area (Å²) >= 11 is 0. The predicted molar refractivity (Wildman–Crippen MR) is 75.5 cm³/mol. The van der Waals surface area contributed by atoms with E-state index in [1.165, 1.54) is 0 Å². The van der Waals surface area contributed by atoms with Crippen LogP contribution in [-0.2, 0) is 21.9 Å². The van der Waals surface area contributed by atoms with Crippen molar-refractivity contribution in [2.75, 3.05) is 5.32 Å². The predicted octanol–water partition coefficient (Wildman–Crippen LogP) is 0.223. The fourth-order valence-corrected chi connectivity index (χ4v) is 2.99. The Kier molecular flexibility index (Phi) is 7.78. The van der Waals surface area contributed by atoms with Crippen LogP contribution in [0.1, 0.15) is 36.8 Å². The SMILES string of the molecule is O=C([O-])[C@@H]1CCCC[C@H]1C(=O)Nc1cc(C(F)(F)F)cc(C(F)(F)F)c1.[Na+]. The van der Waals surface area contributed by atoms with Crippen molar-refractivity contribution >= 4 is 17.6 Å². The Morgan fingerprint density at radius 3 is 1.74 bits per heavy atom. The first-order chi connectivity index (χ1) is 11.9. The van der Waals surface area contributed by atoms with Gasteiger partial charge in [-0.2, -0.15) is 26.3 Å². The average molecular weight is 405 g/mol. The fourth-order valence-electron chi connectivity index (χ4n) is 2.99. The third kappa shape index (κ3) is 6.11. The number of aliphatic carboxylic acids is 1. The van der Waals surface area contributed by atoms with E-state index in [-0.39, 0.29) is 48.5 Å². The minimum atomic E-state index is -5.04. The Morgan fingerprint density at radius 1 is 0.889 bits per heavy atom. The average Bonchev–Trinajstić information content (AvgIpc) is 2.52. The molecule has 0 heterocycles. The van der Waals surface area contributed by atoms with Gasteiger partial charge in [-0.25, -0.2) is 0 Å². The summed E-state index contributed by atoms with van der Waals surface area (Å²) in [4.78, 5) is 23.3. The topological polar surface area (TPSA) is 69.2 Å². The van der Waals surface area contributed by atoms with Crippen LogP contribution in [0.3, 0.4) is 0 Å². The third-order valence-corrected chi connectivity index (χ3v) is 4.26. The van der Waals surface area contributed by atoms with Gasteiger partial charge in [0.05, 0.1) is 11.1 Å². The van der Waals surface area contributed by atoms with Gasteiger partial charge >= 0.3 is 41.9 Å². The van der Waals surface area contributed by atoms with E-state index < -0.39 is 52.9 Å². The molecular weight excluding hydrogens is 391 g/mol. The molecular formula is C16H14F6NNaO3. The number of carbonyl (C=O) groups is 2. The number of anilines is 1. The van der Waals surface area contributed by atoms with Crippen molar-refractivity contribution in [2.45, 2.75) is 38.0 Å². The number of amides is 1. The molecule has 0 radical (unpaired) electrons. The fraction of sp³-hybridized carbons (Fsp3) is 0.500. The molecule has 1 N–H and O–H groups in total. The minimum Gasteiger partial charge on any atom is -0.550 e. The maximum absolute atomic E-state index is 12.8. The third-order valence-electron chi connectivity index (χ3n) is 4.26. The molecule has 11 heteroatoms. The van der Waals surface area contributed by atoms with E-state index in [1.54, 1.807) is 0 Å². The molecule has 0 unspecified atom stereocenters. The summed E-state index contributed by atoms with van der Waals surface area (Å²) in [7, 11) is 0. The quantitative estimate of drug-likeness (QED) is 0.578. The molecule has 27 heavy (non-hydrogen) atoms. The van der Waals surface area contributed by atoms with E-state index in [0.29, 0.717) is 25.0 Å². The Morgan fingerprint density at radius 2 is 1.33 bits per heavy atom. The zero-order valence-corrected chi connectivity index (χ0v) is 16.2. The Labute approximate surface area is 172 Å². The Bertz CT molecular complexity index is 672. The summed E-state index contributed by atoms with van der Waals surface area (Å²) in [6.07, 6.45) is -8.69. The van der Waals surface area contributed by atoms with E-state index in [0.717, 1.165) is 0 Å². The van der Waals surface area contributed by atoms with Crippen molar-refractivity contribution in [3.05, 3.63) is 29.3 Å². The summed E-state index contributed by atoms with van der Waals surface area (Å²) in [5.41, 5.74) is -3.83. The van der Waals surface area contributed by atoms with Gasteiger partial charge in [-0.15, -0.1) is 0 Å². The van der Waals surface area contributed by atoms with Crippen molar-refractivity contribution in [3.63, 3.8) is 0 Å². The van der Waals surface area contributed by atoms with E-state index in [2.05, 4.69) is 0 Å². The number of carboxylic acid groups (broad SMARTS) is 1. The second kappa shape index (κ2) is 8.83. The van der Waals surface area contributed by atoms with E-state index in [1.807, 2.05) is 5.32 Å². The first-order valence-corrected chi connectivity index (χ1v) is 7.71. The van der Waals surface area contributed by atoms with Gasteiger partial charge in [0.25, 0.3) is 0 Å². The maximum atomic E-state index is 12.8. The molecule has 1 saturated carbocycles. The molecule has 2 atom stereocenters. The molecule has 0 aliphatic heterocycles. The standard InChI is InChI=1S/C16H15F6NO3.Na/c17-15(18,19)8-5-9(16(20,21)22)7-10(6-8)23-13(24)11-3-1-2-4-12(11)14(25)26;/h5-7,11-12H,1-4H2,(H,23,24)(H,25,26);/q;+1/p-1/t11-,12-;/m1./s1. The van der Waals surface area contributed by atoms with Crippen LogP contribution in [0.5, 0.6) is 0 Å². The van der Waals surface area contributed by atoms with Crippen LogP contribution in [-0.4, -0.2) is 11.9 Å². The number of rotatable bonds is 3. The summed E-state index contributed by atoms with van der Waals surface area (Å²) in [5.74, 6) is -4.61. The number of carbonyl (C=O) groups excluding carboxylic acids is 2. The van der Waals surface area contributed by atoms with Gasteiger partial charge in [0.15, 0.2) is 0 Å². The number of alkyl halides is 6. The molecule has 144 valence electrons. The van der Waals surface area contributed by atoms with Crippen molar-refractivity contribution in [2.24, 2.45) is 11.8 Å². The smallest absolute Gasteiger partial charge is 0.550 e. The second-order valence-electron chi connectivity index (χ2n) is 6.10. The van der Waals surface area contributed by atoms with Gasteiger partial charge in [-0.3, -0.25) is 4.79 Å². The van der Waals surface area contributed by atoms with Gasteiger partial charge < -0.3 is 15.2 Å². The van der Waals surface area contributed by atoms with Gasteiger partial charge in [0, 0.05) is 23.5 Å². The molecule has 1 aromatic rings. The minimum absolute atomic E-state index is 0. The number of benzene rings is 1. The second-order valence-corrected chi connectivity index (χ2v) is 6.10. The number of hydrogen-bond acceptors (Lipinski definition) is 3. The summed E-state index contributed by atoms with van der Waals surface area (Å²) in [5, 5.41) is 13.1. The van der Waals surface area contributed by atoms with E-state index in [9.17, 15) is 41.0 Å². The largest absolute Gasteiger partial charge is 1.00 e. The molecule has 1 fully saturated rings. The number of carboxylic acids is 1. The molecule has 0 saturated heterocycles. The number of hydrogen-bond donors (Lipinski definition) is 1. The van der Waals surface area contributed by atoms with Crippen molar-refractivity contribution in [3.8, 4) is 0 Å². The summed E-state index contributed by atoms with van der Waals surface area (Å²) in [6.45, 7) is 0. The monoisotopic (exact) mass is 405 g/mol. The number of nitrogens with one attached hydrogen (secondary N) is 1. The first kappa shape index (κ1) is 23.8. The number of halogens is 6. The van der Waals surface area contributed by atoms with Crippen LogP contribution < -0.4 is 40.0 Å². The molecule has 0 bridgehead atoms. The summed E-state index contributed by atoms with van der Waals surface area (Å²) < 4.78 is 77.0. The van der Waals surface area contributed by atoms with Crippen LogP contribution in [0.4, 0.5) is 32.0 Å². The molecule has 1 aromatic carbocycles. The molecule has 1 aliphatic carbocycles. The Hall–Kier alpha value is -1.26. The zero-order valence-electron chi connectivity index (χ0n) is 14.2. The van der Waals surface area contributed by atoms with Crippen LogP contribution in [0, 0.1) is 11.8 Å². The van der Waals surface area contributed by atoms with Crippen LogP contribution in [0.15, 0.2) is 18.2 Å². The van der Waals surface area contributed by atoms with Crippen molar-refractivity contribution in [1.29, 1.82) is 0 Å². The van der Waals surface area contributed by atoms with E-state index in [4.69, 9.17) is 0 Å². The van der Waals surface area contributed by atoms with Crippen LogP contribution in [0.25, 0.3) is 0 Å². The first-order valence-electron chi connectivity index (χ1n) is 7.71. The van der Waals surface area contributed by atoms with Crippen LogP contribution in [0.2, 0.25) is 0 Å². The van der Waals surface area contributed by atoms with Crippen LogP contribution >= 0.6 is 0 Å². The zero-order chi connectivity index (χ0) is 19.7. The van der Waals surface area contributed by atoms with Gasteiger partial charge in [0.2, 0.25) is 5.91 Å². The Balaban J connectivity index is 0.00000364. The van der Waals surface area contributed by atoms with Gasteiger partial charge in [0.1, 0.15) is 0 Å². The van der Waals surface area contributed by atoms with Gasteiger partial charge in [-0.05, 0) is 31.0 Å². The molecule has 1 aliphatic rings. The normalized spacial score (nSPS) is 20.5. The molecule has 2 rings (SSSR count). The van der Waals surface area contributed by atoms with Crippen molar-refractivity contribution in [1.82, 2.24) is 0 Å². The van der Waals surface area contributed by atoms with Gasteiger partial charge in [-0.1, -0.05) is 12.8 Å². The maximum Gasteiger partial charge on any atom is 1.00 e. The van der Waals surface area contributed by atoms with Crippen molar-refractivity contribution < 1.29 is 70.6 Å². The molecule has 0 spiro atoms. The summed E-state index contributed by atoms with van der Waals surface area (Å²) in [6, 6.07) is 0.703. The van der Waals surface area contributed by atoms with E-state index >= 15 is 0 Å².